The summed E-state index contributed by atoms with van der Waals surface area (Å²) in [5.74, 6) is 0. The third kappa shape index (κ3) is 17.7. The monoisotopic (exact) mass is 184 g/mol. The average molecular weight is 184 g/mol. The van der Waals surface area contributed by atoms with Crippen LogP contribution in [-0.4, -0.2) is 87.0 Å². The molecule has 0 heterocycles. The average Bonchev–Trinajstić information content (AvgIpc) is 1.27. The Morgan fingerprint density at radius 1 is 1.00 bits per heavy atom. The second-order valence-electron chi connectivity index (χ2n) is 0.634. The first kappa shape index (κ1) is 16.8. The van der Waals surface area contributed by atoms with Gasteiger partial charge in [-0.2, -0.15) is 0 Å². The Balaban J connectivity index is -0.000000180. The molecular weight excluding hydrogens is 182 g/mol. The normalized spacial score (nSPS) is 5.78. The summed E-state index contributed by atoms with van der Waals surface area (Å²) in [6, 6.07) is 0. The SMILES string of the molecule is O=[Si](O)O[Si](=O)O.[Na].[Na]. The fourth-order valence-electron chi connectivity index (χ4n) is 0.0747. The molecule has 0 aromatic heterocycles. The van der Waals surface area contributed by atoms with Gasteiger partial charge in [-0.1, -0.05) is 0 Å². The third-order valence-corrected chi connectivity index (χ3v) is 1.57. The summed E-state index contributed by atoms with van der Waals surface area (Å²) in [6.07, 6.45) is 0. The molecule has 2 N–H and O–H groups in total. The minimum atomic E-state index is -3.20. The molecule has 0 aromatic carbocycles. The van der Waals surface area contributed by atoms with Crippen molar-refractivity contribution in [3.8, 4) is 0 Å². The van der Waals surface area contributed by atoms with Crippen molar-refractivity contribution in [1.82, 2.24) is 0 Å². The minimum absolute atomic E-state index is 0. The maximum absolute atomic E-state index is 9.44. The van der Waals surface area contributed by atoms with Gasteiger partial charge in [0.1, 0.15) is 0 Å². The standard InChI is InChI=1S/2Na.H2O5Si2/c;;1-6(2)5-7(3)4/h;;1,3H. The van der Waals surface area contributed by atoms with E-state index in [1.807, 2.05) is 0 Å². The van der Waals surface area contributed by atoms with Gasteiger partial charge in [0.2, 0.25) is 0 Å². The van der Waals surface area contributed by atoms with E-state index in [-0.39, 0.29) is 59.1 Å². The van der Waals surface area contributed by atoms with Crippen LogP contribution in [-0.2, 0) is 13.0 Å². The molecule has 0 saturated carbocycles. The van der Waals surface area contributed by atoms with Gasteiger partial charge in [-0.25, -0.2) is 0 Å². The predicted octanol–water partition coefficient (Wildman–Crippen LogP) is -2.94. The Kier molecular flexibility index (Phi) is 17.6. The summed E-state index contributed by atoms with van der Waals surface area (Å²) < 4.78 is 22.3. The molecule has 0 aliphatic carbocycles. The van der Waals surface area contributed by atoms with Crippen LogP contribution in [0.4, 0.5) is 0 Å². The van der Waals surface area contributed by atoms with Crippen LogP contribution in [0.1, 0.15) is 0 Å². The van der Waals surface area contributed by atoms with Gasteiger partial charge < -0.3 is 13.7 Å². The summed E-state index contributed by atoms with van der Waals surface area (Å²) in [6.45, 7) is 0. The fourth-order valence-corrected chi connectivity index (χ4v) is 0.672. The summed E-state index contributed by atoms with van der Waals surface area (Å²) >= 11 is 0. The summed E-state index contributed by atoms with van der Waals surface area (Å²) in [7, 11) is -6.40. The van der Waals surface area contributed by atoms with E-state index in [0.717, 1.165) is 0 Å². The molecule has 0 saturated heterocycles. The molecule has 0 unspecified atom stereocenters. The maximum atomic E-state index is 9.44. The first-order valence-corrected chi connectivity index (χ1v) is 3.79. The predicted molar refractivity (Wildman–Crippen MR) is 29.9 cm³/mol. The molecule has 0 spiro atoms. The van der Waals surface area contributed by atoms with E-state index in [4.69, 9.17) is 9.59 Å². The van der Waals surface area contributed by atoms with Crippen molar-refractivity contribution in [3.05, 3.63) is 0 Å². The molecule has 0 bridgehead atoms. The van der Waals surface area contributed by atoms with Gasteiger partial charge in [0, 0.05) is 59.1 Å². The fraction of sp³-hybridized carbons (Fsp3) is 0. The Morgan fingerprint density at radius 3 is 1.22 bits per heavy atom. The van der Waals surface area contributed by atoms with Crippen molar-refractivity contribution in [2.75, 3.05) is 0 Å². The molecule has 0 rings (SSSR count). The van der Waals surface area contributed by atoms with Crippen molar-refractivity contribution in [3.63, 3.8) is 0 Å². The molecule has 9 heteroatoms. The minimum Gasteiger partial charge on any atom is -0.512 e. The zero-order valence-electron chi connectivity index (χ0n) is 5.12. The second-order valence-corrected chi connectivity index (χ2v) is 2.51. The van der Waals surface area contributed by atoms with Crippen molar-refractivity contribution >= 4 is 77.5 Å². The topological polar surface area (TPSA) is 83.8 Å². The maximum Gasteiger partial charge on any atom is 0.759 e. The van der Waals surface area contributed by atoms with Gasteiger partial charge in [0.15, 0.2) is 0 Å². The molecule has 5 nitrogen and oxygen atoms in total. The van der Waals surface area contributed by atoms with Crippen molar-refractivity contribution < 1.29 is 22.6 Å². The molecule has 42 valence electrons. The first-order valence-electron chi connectivity index (χ1n) is 1.26. The molecule has 0 fully saturated rings. The van der Waals surface area contributed by atoms with E-state index in [2.05, 4.69) is 4.12 Å². The van der Waals surface area contributed by atoms with Gasteiger partial charge in [-0.15, -0.1) is 0 Å². The Bertz CT molecular complexity index is 89.1. The number of hydrogen-bond acceptors (Lipinski definition) is 3. The van der Waals surface area contributed by atoms with Crippen molar-refractivity contribution in [2.24, 2.45) is 0 Å². The number of rotatable bonds is 2. The summed E-state index contributed by atoms with van der Waals surface area (Å²) in [4.78, 5) is 15.4. The first-order chi connectivity index (χ1) is 3.13. The molecule has 9 heavy (non-hydrogen) atoms. The van der Waals surface area contributed by atoms with E-state index in [0.29, 0.717) is 0 Å². The van der Waals surface area contributed by atoms with Crippen LogP contribution in [0.5, 0.6) is 0 Å². The Morgan fingerprint density at radius 2 is 1.22 bits per heavy atom. The zero-order chi connectivity index (χ0) is 5.86. The largest absolute Gasteiger partial charge is 0.759 e. The zero-order valence-corrected chi connectivity index (χ0v) is 11.1. The van der Waals surface area contributed by atoms with E-state index in [9.17, 15) is 8.92 Å². The van der Waals surface area contributed by atoms with Crippen molar-refractivity contribution in [2.45, 2.75) is 0 Å². The molecule has 0 aromatic rings. The van der Waals surface area contributed by atoms with Gasteiger partial charge in [0.05, 0.1) is 0 Å². The number of hydrogen-bond donors (Lipinski definition) is 2. The smallest absolute Gasteiger partial charge is 0.512 e. The van der Waals surface area contributed by atoms with Gasteiger partial charge in [-0.3, -0.25) is 8.92 Å². The third-order valence-electron chi connectivity index (χ3n) is 0.175. The molecular formula is H2Na2O5Si2. The summed E-state index contributed by atoms with van der Waals surface area (Å²) in [5, 5.41) is 0. The molecule has 0 aliphatic rings. The van der Waals surface area contributed by atoms with Crippen LogP contribution in [0.2, 0.25) is 0 Å². The van der Waals surface area contributed by atoms with Gasteiger partial charge in [-0.05, 0) is 0 Å². The van der Waals surface area contributed by atoms with Gasteiger partial charge >= 0.3 is 18.3 Å². The van der Waals surface area contributed by atoms with E-state index < -0.39 is 18.3 Å². The van der Waals surface area contributed by atoms with Gasteiger partial charge in [0.25, 0.3) is 0 Å². The Hall–Kier alpha value is 1.43. The van der Waals surface area contributed by atoms with Crippen LogP contribution in [0.3, 0.4) is 0 Å². The van der Waals surface area contributed by atoms with Crippen LogP contribution < -0.4 is 0 Å². The van der Waals surface area contributed by atoms with Crippen LogP contribution in [0.25, 0.3) is 0 Å². The van der Waals surface area contributed by atoms with E-state index in [1.54, 1.807) is 0 Å². The Labute approximate surface area is 98.8 Å². The molecule has 0 aliphatic heterocycles. The van der Waals surface area contributed by atoms with E-state index >= 15 is 0 Å². The van der Waals surface area contributed by atoms with Crippen LogP contribution in [0.15, 0.2) is 0 Å². The molecule has 0 atom stereocenters. The van der Waals surface area contributed by atoms with Crippen LogP contribution in [0, 0.1) is 0 Å². The second kappa shape index (κ2) is 9.43. The molecule has 0 amide bonds. The molecule has 2 radical (unpaired) electrons. The van der Waals surface area contributed by atoms with Crippen LogP contribution >= 0.6 is 0 Å². The van der Waals surface area contributed by atoms with E-state index in [1.165, 1.54) is 0 Å². The summed E-state index contributed by atoms with van der Waals surface area (Å²) in [5.41, 5.74) is 0. The quantitative estimate of drug-likeness (QED) is 0.448. The van der Waals surface area contributed by atoms with Crippen molar-refractivity contribution in [1.29, 1.82) is 0 Å².